The number of thioether (sulfide) groups is 1. The minimum absolute atomic E-state index is 0.0826. The first-order valence-electron chi connectivity index (χ1n) is 9.48. The molecule has 0 unspecified atom stereocenters. The average molecular weight is 464 g/mol. The van der Waals surface area contributed by atoms with Crippen LogP contribution >= 0.6 is 23.4 Å². The lowest BCUT2D eigenvalue weighted by molar-refractivity contribution is -0.142. The Bertz CT molecular complexity index is 1170. The molecule has 0 radical (unpaired) electrons. The number of hydrogen-bond acceptors (Lipinski definition) is 4. The van der Waals surface area contributed by atoms with Crippen LogP contribution in [0.25, 0.3) is 11.3 Å². The summed E-state index contributed by atoms with van der Waals surface area (Å²) in [4.78, 5) is 20.5. The van der Waals surface area contributed by atoms with E-state index in [0.717, 1.165) is 17.3 Å². The molecule has 4 nitrogen and oxygen atoms in total. The second-order valence-electron chi connectivity index (χ2n) is 7.09. The lowest BCUT2D eigenvalue weighted by Crippen LogP contribution is -2.19. The molecule has 4 rings (SSSR count). The summed E-state index contributed by atoms with van der Waals surface area (Å²) in [5.74, 6) is -0.519. The zero-order valence-corrected chi connectivity index (χ0v) is 18.0. The van der Waals surface area contributed by atoms with E-state index in [2.05, 4.69) is 15.3 Å². The fourth-order valence-corrected chi connectivity index (χ4v) is 4.33. The fourth-order valence-electron chi connectivity index (χ4n) is 3.51. The number of nitrogens with zero attached hydrogens (tertiary/aromatic N) is 2. The molecule has 3 aromatic rings. The molecule has 0 saturated heterocycles. The molecule has 0 aliphatic heterocycles. The predicted octanol–water partition coefficient (Wildman–Crippen LogP) is 5.95. The van der Waals surface area contributed by atoms with Crippen molar-refractivity contribution in [3.63, 3.8) is 0 Å². The Labute approximate surface area is 186 Å². The van der Waals surface area contributed by atoms with Crippen LogP contribution < -0.4 is 5.32 Å². The second-order valence-corrected chi connectivity index (χ2v) is 8.44. The number of rotatable bonds is 4. The number of benzene rings is 2. The number of anilines is 1. The number of alkyl halides is 3. The van der Waals surface area contributed by atoms with Crippen LogP contribution in [0.15, 0.2) is 47.6 Å². The summed E-state index contributed by atoms with van der Waals surface area (Å²) in [5, 5.41) is 3.15. The van der Waals surface area contributed by atoms with Gasteiger partial charge in [0.25, 0.3) is 0 Å². The molecule has 0 atom stereocenters. The standard InChI is InChI=1S/C22H17ClF3N3OS/c1-12-16(23)7-4-8-17(12)27-18(30)11-31-21-28-19-14-6-3-2-5-13(14)9-10-15(19)20(29-21)22(24,25)26/h2-8H,9-11H2,1H3,(H,27,30). The first kappa shape index (κ1) is 21.6. The van der Waals surface area contributed by atoms with E-state index >= 15 is 0 Å². The van der Waals surface area contributed by atoms with Gasteiger partial charge in [-0.1, -0.05) is 53.7 Å². The zero-order chi connectivity index (χ0) is 22.2. The van der Waals surface area contributed by atoms with Crippen LogP contribution in [0.4, 0.5) is 18.9 Å². The van der Waals surface area contributed by atoms with Crippen molar-refractivity contribution < 1.29 is 18.0 Å². The van der Waals surface area contributed by atoms with E-state index in [0.29, 0.717) is 28.3 Å². The molecule has 1 aliphatic rings. The Balaban J connectivity index is 1.61. The number of nitrogens with one attached hydrogen (secondary N) is 1. The van der Waals surface area contributed by atoms with Crippen molar-refractivity contribution in [1.29, 1.82) is 0 Å². The van der Waals surface area contributed by atoms with Gasteiger partial charge in [-0.2, -0.15) is 13.2 Å². The lowest BCUT2D eigenvalue weighted by Gasteiger charge is -2.22. The lowest BCUT2D eigenvalue weighted by atomic mass is 9.88. The fraction of sp³-hybridized carbons (Fsp3) is 0.227. The molecular weight excluding hydrogens is 447 g/mol. The largest absolute Gasteiger partial charge is 0.433 e. The number of carbonyl (C=O) groups is 1. The van der Waals surface area contributed by atoms with Crippen LogP contribution in [0.3, 0.4) is 0 Å². The van der Waals surface area contributed by atoms with Crippen molar-refractivity contribution in [3.05, 3.63) is 69.9 Å². The van der Waals surface area contributed by atoms with Gasteiger partial charge in [0.2, 0.25) is 5.91 Å². The number of halogens is 4. The van der Waals surface area contributed by atoms with Crippen molar-refractivity contribution in [2.24, 2.45) is 0 Å². The highest BCUT2D eigenvalue weighted by atomic mass is 35.5. The van der Waals surface area contributed by atoms with Crippen molar-refractivity contribution in [1.82, 2.24) is 9.97 Å². The maximum absolute atomic E-state index is 13.7. The Morgan fingerprint density at radius 1 is 1.13 bits per heavy atom. The van der Waals surface area contributed by atoms with Gasteiger partial charge < -0.3 is 5.32 Å². The Hall–Kier alpha value is -2.58. The molecule has 31 heavy (non-hydrogen) atoms. The monoisotopic (exact) mass is 463 g/mol. The first-order chi connectivity index (χ1) is 14.7. The Morgan fingerprint density at radius 2 is 1.90 bits per heavy atom. The van der Waals surface area contributed by atoms with Crippen LogP contribution in [-0.2, 0) is 23.8 Å². The molecule has 0 saturated carbocycles. The molecule has 160 valence electrons. The van der Waals surface area contributed by atoms with E-state index in [1.165, 1.54) is 0 Å². The number of fused-ring (bicyclic) bond motifs is 3. The van der Waals surface area contributed by atoms with Crippen molar-refractivity contribution in [2.75, 3.05) is 11.1 Å². The Morgan fingerprint density at radius 3 is 2.68 bits per heavy atom. The maximum atomic E-state index is 13.7. The maximum Gasteiger partial charge on any atom is 0.433 e. The summed E-state index contributed by atoms with van der Waals surface area (Å²) in [7, 11) is 0. The summed E-state index contributed by atoms with van der Waals surface area (Å²) in [6, 6.07) is 12.4. The van der Waals surface area contributed by atoms with Gasteiger partial charge >= 0.3 is 6.18 Å². The third-order valence-electron chi connectivity index (χ3n) is 5.05. The molecule has 1 N–H and O–H groups in total. The van der Waals surface area contributed by atoms with E-state index in [1.54, 1.807) is 37.3 Å². The number of aryl methyl sites for hydroxylation is 1. The highest BCUT2D eigenvalue weighted by Gasteiger charge is 2.38. The van der Waals surface area contributed by atoms with E-state index in [-0.39, 0.29) is 34.5 Å². The third-order valence-corrected chi connectivity index (χ3v) is 6.30. The minimum atomic E-state index is -4.60. The van der Waals surface area contributed by atoms with E-state index in [9.17, 15) is 18.0 Å². The van der Waals surface area contributed by atoms with Crippen LogP contribution in [0.1, 0.15) is 22.4 Å². The predicted molar refractivity (Wildman–Crippen MR) is 115 cm³/mol. The smallest absolute Gasteiger partial charge is 0.325 e. The van der Waals surface area contributed by atoms with Gasteiger partial charge in [-0.05, 0) is 43.0 Å². The molecule has 9 heteroatoms. The molecule has 1 aromatic heterocycles. The van der Waals surface area contributed by atoms with Crippen molar-refractivity contribution in [2.45, 2.75) is 31.1 Å². The van der Waals surface area contributed by atoms with E-state index < -0.39 is 11.9 Å². The van der Waals surface area contributed by atoms with E-state index in [4.69, 9.17) is 11.6 Å². The molecule has 0 bridgehead atoms. The van der Waals surface area contributed by atoms with Crippen LogP contribution in [0.5, 0.6) is 0 Å². The first-order valence-corrected chi connectivity index (χ1v) is 10.8. The van der Waals surface area contributed by atoms with Crippen molar-refractivity contribution in [3.8, 4) is 11.3 Å². The van der Waals surface area contributed by atoms with Gasteiger partial charge in [0.1, 0.15) is 0 Å². The molecule has 1 aliphatic carbocycles. The average Bonchev–Trinajstić information content (AvgIpc) is 2.74. The summed E-state index contributed by atoms with van der Waals surface area (Å²) in [6.45, 7) is 1.77. The molecular formula is C22H17ClF3N3OS. The van der Waals surface area contributed by atoms with Gasteiger partial charge in [0.05, 0.1) is 11.4 Å². The summed E-state index contributed by atoms with van der Waals surface area (Å²) < 4.78 is 41.1. The summed E-state index contributed by atoms with van der Waals surface area (Å²) >= 11 is 6.92. The van der Waals surface area contributed by atoms with Crippen molar-refractivity contribution >= 4 is 35.0 Å². The molecule has 0 fully saturated rings. The number of amides is 1. The highest BCUT2D eigenvalue weighted by molar-refractivity contribution is 7.99. The molecule has 0 spiro atoms. The Kier molecular flexibility index (Phi) is 5.94. The number of aromatic nitrogens is 2. The van der Waals surface area contributed by atoms with Gasteiger partial charge in [0, 0.05) is 21.8 Å². The number of carbonyl (C=O) groups excluding carboxylic acids is 1. The van der Waals surface area contributed by atoms with Gasteiger partial charge in [-0.15, -0.1) is 0 Å². The van der Waals surface area contributed by atoms with Gasteiger partial charge in [-0.3, -0.25) is 4.79 Å². The minimum Gasteiger partial charge on any atom is -0.325 e. The zero-order valence-electron chi connectivity index (χ0n) is 16.4. The molecule has 2 aromatic carbocycles. The quantitative estimate of drug-likeness (QED) is 0.383. The second kappa shape index (κ2) is 8.51. The summed E-state index contributed by atoms with van der Waals surface area (Å²) in [5.41, 5.74) is 2.36. The third kappa shape index (κ3) is 4.55. The molecule has 1 amide bonds. The summed E-state index contributed by atoms with van der Waals surface area (Å²) in [6.07, 6.45) is -3.88. The van der Waals surface area contributed by atoms with Crippen LogP contribution in [0, 0.1) is 6.92 Å². The highest BCUT2D eigenvalue weighted by Crippen LogP contribution is 2.40. The SMILES string of the molecule is Cc1c(Cl)cccc1NC(=O)CSc1nc2c(c(C(F)(F)F)n1)CCc1ccccc1-2. The van der Waals surface area contributed by atoms with E-state index in [1.807, 2.05) is 12.1 Å². The van der Waals surface area contributed by atoms with Crippen LogP contribution in [0.2, 0.25) is 5.02 Å². The number of hydrogen-bond donors (Lipinski definition) is 1. The normalized spacial score (nSPS) is 12.8. The topological polar surface area (TPSA) is 54.9 Å². The van der Waals surface area contributed by atoms with Gasteiger partial charge in [-0.25, -0.2) is 9.97 Å². The van der Waals surface area contributed by atoms with Crippen LogP contribution in [-0.4, -0.2) is 21.6 Å². The molecule has 1 heterocycles. The van der Waals surface area contributed by atoms with Gasteiger partial charge in [0.15, 0.2) is 10.9 Å².